The van der Waals surface area contributed by atoms with E-state index in [4.69, 9.17) is 16.3 Å². The third-order valence-electron chi connectivity index (χ3n) is 3.77. The number of amides is 1. The van der Waals surface area contributed by atoms with Crippen LogP contribution in [0.1, 0.15) is 28.8 Å². The van der Waals surface area contributed by atoms with Crippen LogP contribution in [0.15, 0.2) is 18.2 Å². The van der Waals surface area contributed by atoms with Gasteiger partial charge in [0.15, 0.2) is 0 Å². The SMILES string of the molecule is COCC1(CNC(=O)c2ccc(Cl)cc2C)CCCN1. The van der Waals surface area contributed by atoms with Crippen LogP contribution in [0.3, 0.4) is 0 Å². The maximum absolute atomic E-state index is 12.3. The number of nitrogens with one attached hydrogen (secondary N) is 2. The fraction of sp³-hybridized carbons (Fsp3) is 0.533. The number of halogens is 1. The van der Waals surface area contributed by atoms with Crippen LogP contribution in [-0.2, 0) is 4.74 Å². The quantitative estimate of drug-likeness (QED) is 0.875. The average Bonchev–Trinajstić information content (AvgIpc) is 2.85. The fourth-order valence-corrected chi connectivity index (χ4v) is 2.92. The van der Waals surface area contributed by atoms with Crippen molar-refractivity contribution in [2.24, 2.45) is 0 Å². The van der Waals surface area contributed by atoms with E-state index >= 15 is 0 Å². The van der Waals surface area contributed by atoms with Crippen molar-refractivity contribution in [3.05, 3.63) is 34.3 Å². The molecule has 1 unspecified atom stereocenters. The number of ether oxygens (including phenoxy) is 1. The largest absolute Gasteiger partial charge is 0.383 e. The maximum atomic E-state index is 12.3. The summed E-state index contributed by atoms with van der Waals surface area (Å²) in [5.41, 5.74) is 1.42. The van der Waals surface area contributed by atoms with Gasteiger partial charge in [0.2, 0.25) is 0 Å². The van der Waals surface area contributed by atoms with E-state index in [0.29, 0.717) is 23.7 Å². The first kappa shape index (κ1) is 15.3. The van der Waals surface area contributed by atoms with Crippen LogP contribution in [0, 0.1) is 6.92 Å². The zero-order chi connectivity index (χ0) is 14.6. The van der Waals surface area contributed by atoms with Crippen molar-refractivity contribution in [3.63, 3.8) is 0 Å². The second-order valence-electron chi connectivity index (χ2n) is 5.39. The Labute approximate surface area is 124 Å². The van der Waals surface area contributed by atoms with E-state index in [0.717, 1.165) is 24.9 Å². The van der Waals surface area contributed by atoms with Crippen molar-refractivity contribution >= 4 is 17.5 Å². The zero-order valence-corrected chi connectivity index (χ0v) is 12.7. The predicted octanol–water partition coefficient (Wildman–Crippen LogP) is 2.15. The number of hydrogen-bond acceptors (Lipinski definition) is 3. The van der Waals surface area contributed by atoms with Gasteiger partial charge in [0.05, 0.1) is 12.1 Å². The molecule has 0 spiro atoms. The number of hydrogen-bond donors (Lipinski definition) is 2. The molecule has 0 aromatic heterocycles. The third kappa shape index (κ3) is 3.51. The summed E-state index contributed by atoms with van der Waals surface area (Å²) in [4.78, 5) is 12.3. The normalized spacial score (nSPS) is 21.9. The van der Waals surface area contributed by atoms with Crippen LogP contribution in [0.25, 0.3) is 0 Å². The van der Waals surface area contributed by atoms with E-state index in [9.17, 15) is 4.79 Å². The Kier molecular flexibility index (Phi) is 5.02. The van der Waals surface area contributed by atoms with E-state index < -0.39 is 0 Å². The molecule has 0 radical (unpaired) electrons. The van der Waals surface area contributed by atoms with Crippen LogP contribution < -0.4 is 10.6 Å². The van der Waals surface area contributed by atoms with Crippen molar-refractivity contribution in [2.45, 2.75) is 25.3 Å². The smallest absolute Gasteiger partial charge is 0.251 e. The summed E-state index contributed by atoms with van der Waals surface area (Å²) in [5, 5.41) is 7.09. The summed E-state index contributed by atoms with van der Waals surface area (Å²) in [6.45, 7) is 4.04. The molecule has 1 amide bonds. The van der Waals surface area contributed by atoms with Gasteiger partial charge in [-0.05, 0) is 50.1 Å². The molecular formula is C15H21ClN2O2. The minimum Gasteiger partial charge on any atom is -0.383 e. The van der Waals surface area contributed by atoms with Crippen LogP contribution in [-0.4, -0.2) is 38.3 Å². The Hall–Kier alpha value is -1.10. The summed E-state index contributed by atoms with van der Waals surface area (Å²) >= 11 is 5.91. The Balaban J connectivity index is 2.00. The second kappa shape index (κ2) is 6.57. The van der Waals surface area contributed by atoms with Crippen molar-refractivity contribution in [1.82, 2.24) is 10.6 Å². The van der Waals surface area contributed by atoms with Gasteiger partial charge in [-0.3, -0.25) is 4.79 Å². The first-order valence-corrected chi connectivity index (χ1v) is 7.22. The highest BCUT2D eigenvalue weighted by Crippen LogP contribution is 2.20. The van der Waals surface area contributed by atoms with Crippen molar-refractivity contribution in [3.8, 4) is 0 Å². The van der Waals surface area contributed by atoms with Gasteiger partial charge in [0.25, 0.3) is 5.91 Å². The molecule has 1 aromatic rings. The molecule has 1 atom stereocenters. The van der Waals surface area contributed by atoms with Crippen LogP contribution in [0.5, 0.6) is 0 Å². The molecule has 0 saturated carbocycles. The lowest BCUT2D eigenvalue weighted by atomic mass is 9.98. The zero-order valence-electron chi connectivity index (χ0n) is 12.0. The molecule has 20 heavy (non-hydrogen) atoms. The van der Waals surface area contributed by atoms with E-state index in [1.807, 2.05) is 6.92 Å². The second-order valence-corrected chi connectivity index (χ2v) is 5.82. The van der Waals surface area contributed by atoms with E-state index in [1.165, 1.54) is 0 Å². The molecule has 2 rings (SSSR count). The monoisotopic (exact) mass is 296 g/mol. The lowest BCUT2D eigenvalue weighted by molar-refractivity contribution is 0.0891. The summed E-state index contributed by atoms with van der Waals surface area (Å²) in [6, 6.07) is 5.30. The lowest BCUT2D eigenvalue weighted by Crippen LogP contribution is -2.53. The molecule has 1 heterocycles. The van der Waals surface area contributed by atoms with Gasteiger partial charge < -0.3 is 15.4 Å². The van der Waals surface area contributed by atoms with Crippen molar-refractivity contribution in [2.75, 3.05) is 26.8 Å². The summed E-state index contributed by atoms with van der Waals surface area (Å²) < 4.78 is 5.28. The predicted molar refractivity (Wildman–Crippen MR) is 80.4 cm³/mol. The summed E-state index contributed by atoms with van der Waals surface area (Å²) in [7, 11) is 1.69. The van der Waals surface area contributed by atoms with Crippen molar-refractivity contribution < 1.29 is 9.53 Å². The van der Waals surface area contributed by atoms with E-state index in [1.54, 1.807) is 25.3 Å². The summed E-state index contributed by atoms with van der Waals surface area (Å²) in [6.07, 6.45) is 2.12. The topological polar surface area (TPSA) is 50.4 Å². The molecular weight excluding hydrogens is 276 g/mol. The molecule has 0 aliphatic carbocycles. The molecule has 5 heteroatoms. The Morgan fingerprint density at radius 2 is 2.35 bits per heavy atom. The van der Waals surface area contributed by atoms with E-state index in [2.05, 4.69) is 10.6 Å². The molecule has 110 valence electrons. The number of methoxy groups -OCH3 is 1. The van der Waals surface area contributed by atoms with Gasteiger partial charge >= 0.3 is 0 Å². The Bertz CT molecular complexity index is 485. The van der Waals surface area contributed by atoms with Gasteiger partial charge in [-0.1, -0.05) is 11.6 Å². The van der Waals surface area contributed by atoms with Crippen molar-refractivity contribution in [1.29, 1.82) is 0 Å². The van der Waals surface area contributed by atoms with Gasteiger partial charge in [0, 0.05) is 24.2 Å². The number of carbonyl (C=O) groups is 1. The van der Waals surface area contributed by atoms with Gasteiger partial charge in [-0.25, -0.2) is 0 Å². The Morgan fingerprint density at radius 1 is 1.55 bits per heavy atom. The minimum absolute atomic E-state index is 0.0663. The number of benzene rings is 1. The first-order valence-electron chi connectivity index (χ1n) is 6.85. The molecule has 1 saturated heterocycles. The van der Waals surface area contributed by atoms with Gasteiger partial charge in [-0.15, -0.1) is 0 Å². The molecule has 2 N–H and O–H groups in total. The van der Waals surface area contributed by atoms with Crippen LogP contribution in [0.4, 0.5) is 0 Å². The molecule has 1 fully saturated rings. The molecule has 1 aliphatic rings. The average molecular weight is 297 g/mol. The van der Waals surface area contributed by atoms with Gasteiger partial charge in [0.1, 0.15) is 0 Å². The highest BCUT2D eigenvalue weighted by atomic mass is 35.5. The third-order valence-corrected chi connectivity index (χ3v) is 4.01. The molecule has 1 aromatic carbocycles. The lowest BCUT2D eigenvalue weighted by Gasteiger charge is -2.29. The standard InChI is InChI=1S/C15H21ClN2O2/c1-11-8-12(16)4-5-13(11)14(19)17-9-15(10-20-2)6-3-7-18-15/h4-5,8,18H,3,6-7,9-10H2,1-2H3,(H,17,19). The Morgan fingerprint density at radius 3 is 2.95 bits per heavy atom. The first-order chi connectivity index (χ1) is 9.56. The number of rotatable bonds is 5. The highest BCUT2D eigenvalue weighted by molar-refractivity contribution is 6.30. The van der Waals surface area contributed by atoms with E-state index in [-0.39, 0.29) is 11.4 Å². The minimum atomic E-state index is -0.134. The fourth-order valence-electron chi connectivity index (χ4n) is 2.70. The van der Waals surface area contributed by atoms with Gasteiger partial charge in [-0.2, -0.15) is 0 Å². The molecule has 1 aliphatic heterocycles. The number of aryl methyl sites for hydroxylation is 1. The number of carbonyl (C=O) groups excluding carboxylic acids is 1. The highest BCUT2D eigenvalue weighted by Gasteiger charge is 2.33. The van der Waals surface area contributed by atoms with Crippen LogP contribution in [0.2, 0.25) is 5.02 Å². The molecule has 4 nitrogen and oxygen atoms in total. The summed E-state index contributed by atoms with van der Waals surface area (Å²) in [5.74, 6) is -0.0663. The maximum Gasteiger partial charge on any atom is 0.251 e. The molecule has 0 bridgehead atoms. The van der Waals surface area contributed by atoms with Crippen LogP contribution >= 0.6 is 11.6 Å².